The molecule has 0 saturated heterocycles. The molecule has 19 heavy (non-hydrogen) atoms. The molecular weight excluding hydrogens is 238 g/mol. The van der Waals surface area contributed by atoms with Crippen LogP contribution in [0.1, 0.15) is 24.2 Å². The van der Waals surface area contributed by atoms with E-state index in [1.54, 1.807) is 14.0 Å². The Kier molecular flexibility index (Phi) is 4.42. The highest BCUT2D eigenvalue weighted by molar-refractivity contribution is 5.52. The van der Waals surface area contributed by atoms with E-state index in [0.717, 1.165) is 17.0 Å². The molecule has 3 heteroatoms. The van der Waals surface area contributed by atoms with Gasteiger partial charge in [0.1, 0.15) is 5.75 Å². The fourth-order valence-corrected chi connectivity index (χ4v) is 1.96. The summed E-state index contributed by atoms with van der Waals surface area (Å²) in [6, 6.07) is 15.7. The molecule has 0 aliphatic carbocycles. The Balaban J connectivity index is 2.05. The van der Waals surface area contributed by atoms with Gasteiger partial charge in [-0.25, -0.2) is 0 Å². The zero-order valence-electron chi connectivity index (χ0n) is 11.3. The average Bonchev–Trinajstić information content (AvgIpc) is 2.46. The van der Waals surface area contributed by atoms with Gasteiger partial charge >= 0.3 is 0 Å². The number of hydrogen-bond donors (Lipinski definition) is 2. The highest BCUT2D eigenvalue weighted by Gasteiger charge is 2.06. The third-order valence-electron chi connectivity index (χ3n) is 3.05. The Bertz CT molecular complexity index is 521. The summed E-state index contributed by atoms with van der Waals surface area (Å²) < 4.78 is 5.13. The molecule has 100 valence electrons. The molecule has 0 amide bonds. The Morgan fingerprint density at radius 3 is 2.42 bits per heavy atom. The highest BCUT2D eigenvalue weighted by Crippen LogP contribution is 2.23. The van der Waals surface area contributed by atoms with E-state index in [1.165, 1.54) is 5.56 Å². The minimum atomic E-state index is -0.473. The molecule has 3 nitrogen and oxygen atoms in total. The normalized spacial score (nSPS) is 11.9. The monoisotopic (exact) mass is 257 g/mol. The first-order chi connectivity index (χ1) is 9.20. The van der Waals surface area contributed by atoms with Crippen LogP contribution in [0.25, 0.3) is 0 Å². The van der Waals surface area contributed by atoms with Gasteiger partial charge in [0.05, 0.1) is 13.2 Å². The van der Waals surface area contributed by atoms with Gasteiger partial charge in [0.2, 0.25) is 0 Å². The largest absolute Gasteiger partial charge is 0.497 e. The number of aliphatic hydroxyl groups excluding tert-OH is 1. The molecule has 1 atom stereocenters. The second kappa shape index (κ2) is 6.25. The number of anilines is 1. The zero-order valence-corrected chi connectivity index (χ0v) is 11.3. The number of hydrogen-bond acceptors (Lipinski definition) is 3. The van der Waals surface area contributed by atoms with Crippen molar-refractivity contribution in [2.45, 2.75) is 19.6 Å². The lowest BCUT2D eigenvalue weighted by Gasteiger charge is -2.14. The second-order valence-electron chi connectivity index (χ2n) is 4.46. The van der Waals surface area contributed by atoms with Crippen molar-refractivity contribution in [3.05, 3.63) is 59.7 Å². The lowest BCUT2D eigenvalue weighted by Crippen LogP contribution is -2.04. The Morgan fingerprint density at radius 2 is 1.79 bits per heavy atom. The van der Waals surface area contributed by atoms with Crippen molar-refractivity contribution in [3.63, 3.8) is 0 Å². The third kappa shape index (κ3) is 3.48. The van der Waals surface area contributed by atoms with Crippen molar-refractivity contribution < 1.29 is 9.84 Å². The molecule has 0 heterocycles. The van der Waals surface area contributed by atoms with Gasteiger partial charge in [0.15, 0.2) is 0 Å². The van der Waals surface area contributed by atoms with Gasteiger partial charge < -0.3 is 15.2 Å². The van der Waals surface area contributed by atoms with Crippen LogP contribution in [0.4, 0.5) is 5.69 Å². The van der Waals surface area contributed by atoms with Crippen molar-refractivity contribution in [3.8, 4) is 5.75 Å². The summed E-state index contributed by atoms with van der Waals surface area (Å²) in [5.74, 6) is 0.855. The first-order valence-corrected chi connectivity index (χ1v) is 6.34. The summed E-state index contributed by atoms with van der Waals surface area (Å²) in [5, 5.41) is 13.1. The fraction of sp³-hybridized carbons (Fsp3) is 0.250. The molecule has 2 aromatic rings. The van der Waals surface area contributed by atoms with Crippen LogP contribution in [0.2, 0.25) is 0 Å². The zero-order chi connectivity index (χ0) is 13.7. The van der Waals surface area contributed by atoms with Gasteiger partial charge in [-0.05, 0) is 30.7 Å². The average molecular weight is 257 g/mol. The van der Waals surface area contributed by atoms with Crippen LogP contribution in [-0.2, 0) is 6.54 Å². The number of rotatable bonds is 5. The Labute approximate surface area is 113 Å². The minimum Gasteiger partial charge on any atom is -0.497 e. The van der Waals surface area contributed by atoms with Crippen LogP contribution in [0.15, 0.2) is 48.5 Å². The van der Waals surface area contributed by atoms with Gasteiger partial charge in [-0.15, -0.1) is 0 Å². The van der Waals surface area contributed by atoms with E-state index in [1.807, 2.05) is 48.5 Å². The van der Waals surface area contributed by atoms with Gasteiger partial charge in [0.25, 0.3) is 0 Å². The summed E-state index contributed by atoms with van der Waals surface area (Å²) in [6.45, 7) is 2.49. The van der Waals surface area contributed by atoms with Crippen LogP contribution in [0.5, 0.6) is 5.75 Å². The van der Waals surface area contributed by atoms with Crippen LogP contribution in [0.3, 0.4) is 0 Å². The minimum absolute atomic E-state index is 0.473. The van der Waals surface area contributed by atoms with E-state index in [0.29, 0.717) is 6.54 Å². The molecule has 2 rings (SSSR count). The SMILES string of the molecule is COc1ccc(CNc2ccccc2C(C)O)cc1. The maximum atomic E-state index is 9.71. The molecule has 0 aliphatic rings. The first-order valence-electron chi connectivity index (χ1n) is 6.34. The number of nitrogens with one attached hydrogen (secondary N) is 1. The predicted molar refractivity (Wildman–Crippen MR) is 77.4 cm³/mol. The number of ether oxygens (including phenoxy) is 1. The first kappa shape index (κ1) is 13.4. The second-order valence-corrected chi connectivity index (χ2v) is 4.46. The Hall–Kier alpha value is -2.00. The maximum absolute atomic E-state index is 9.71. The number of benzene rings is 2. The fourth-order valence-electron chi connectivity index (χ4n) is 1.96. The molecule has 0 radical (unpaired) electrons. The van der Waals surface area contributed by atoms with Crippen LogP contribution in [-0.4, -0.2) is 12.2 Å². The molecule has 0 saturated carbocycles. The summed E-state index contributed by atoms with van der Waals surface area (Å²) in [4.78, 5) is 0. The van der Waals surface area contributed by atoms with Gasteiger partial charge in [-0.2, -0.15) is 0 Å². The molecule has 2 N–H and O–H groups in total. The summed E-state index contributed by atoms with van der Waals surface area (Å²) in [7, 11) is 1.66. The van der Waals surface area contributed by atoms with Gasteiger partial charge in [-0.1, -0.05) is 30.3 Å². The van der Waals surface area contributed by atoms with Crippen molar-refractivity contribution in [1.29, 1.82) is 0 Å². The maximum Gasteiger partial charge on any atom is 0.118 e. The molecular formula is C16H19NO2. The lowest BCUT2D eigenvalue weighted by molar-refractivity contribution is 0.200. The van der Waals surface area contributed by atoms with Crippen LogP contribution >= 0.6 is 0 Å². The van der Waals surface area contributed by atoms with Gasteiger partial charge in [-0.3, -0.25) is 0 Å². The number of methoxy groups -OCH3 is 1. The topological polar surface area (TPSA) is 41.5 Å². The summed E-state index contributed by atoms with van der Waals surface area (Å²) in [5.41, 5.74) is 3.05. The van der Waals surface area contributed by atoms with E-state index < -0.39 is 6.10 Å². The number of aliphatic hydroxyl groups is 1. The molecule has 0 bridgehead atoms. The molecule has 2 aromatic carbocycles. The smallest absolute Gasteiger partial charge is 0.118 e. The van der Waals surface area contributed by atoms with E-state index in [4.69, 9.17) is 4.74 Å². The van der Waals surface area contributed by atoms with E-state index in [9.17, 15) is 5.11 Å². The van der Waals surface area contributed by atoms with E-state index in [2.05, 4.69) is 5.32 Å². The molecule has 1 unspecified atom stereocenters. The Morgan fingerprint density at radius 1 is 1.11 bits per heavy atom. The number of para-hydroxylation sites is 1. The standard InChI is InChI=1S/C16H19NO2/c1-12(18)15-5-3-4-6-16(15)17-11-13-7-9-14(19-2)10-8-13/h3-10,12,17-18H,11H2,1-2H3. The van der Waals surface area contributed by atoms with Crippen molar-refractivity contribution >= 4 is 5.69 Å². The van der Waals surface area contributed by atoms with Crippen molar-refractivity contribution in [2.24, 2.45) is 0 Å². The molecule has 0 spiro atoms. The van der Waals surface area contributed by atoms with Gasteiger partial charge in [0, 0.05) is 17.8 Å². The summed E-state index contributed by atoms with van der Waals surface area (Å²) >= 11 is 0. The highest BCUT2D eigenvalue weighted by atomic mass is 16.5. The van der Waals surface area contributed by atoms with E-state index >= 15 is 0 Å². The lowest BCUT2D eigenvalue weighted by atomic mass is 10.1. The summed E-state index contributed by atoms with van der Waals surface area (Å²) in [6.07, 6.45) is -0.473. The molecule has 0 aromatic heterocycles. The van der Waals surface area contributed by atoms with Crippen LogP contribution in [0, 0.1) is 0 Å². The molecule has 0 fully saturated rings. The third-order valence-corrected chi connectivity index (χ3v) is 3.05. The van der Waals surface area contributed by atoms with Crippen molar-refractivity contribution in [2.75, 3.05) is 12.4 Å². The molecule has 0 aliphatic heterocycles. The van der Waals surface area contributed by atoms with E-state index in [-0.39, 0.29) is 0 Å². The van der Waals surface area contributed by atoms with Crippen molar-refractivity contribution in [1.82, 2.24) is 0 Å². The predicted octanol–water partition coefficient (Wildman–Crippen LogP) is 3.36. The van der Waals surface area contributed by atoms with Crippen LogP contribution < -0.4 is 10.1 Å². The quantitative estimate of drug-likeness (QED) is 0.863.